The average molecular weight is 311 g/mol. The summed E-state index contributed by atoms with van der Waals surface area (Å²) in [5.41, 5.74) is 2.68. The molecule has 0 aliphatic carbocycles. The van der Waals surface area contributed by atoms with Gasteiger partial charge in [0.25, 0.3) is 0 Å². The van der Waals surface area contributed by atoms with Gasteiger partial charge >= 0.3 is 0 Å². The second-order valence-corrected chi connectivity index (χ2v) is 5.41. The van der Waals surface area contributed by atoms with Gasteiger partial charge in [-0.2, -0.15) is 0 Å². The van der Waals surface area contributed by atoms with Crippen LogP contribution in [0.3, 0.4) is 0 Å². The van der Waals surface area contributed by atoms with Crippen LogP contribution in [0.1, 0.15) is 36.9 Å². The molecule has 1 aromatic carbocycles. The van der Waals surface area contributed by atoms with Crippen molar-refractivity contribution >= 4 is 17.5 Å². The quantitative estimate of drug-likeness (QED) is 0.806. The summed E-state index contributed by atoms with van der Waals surface area (Å²) in [5, 5.41) is 5.60. The maximum Gasteiger partial charge on any atom is 0.233 e. The topological polar surface area (TPSA) is 71.1 Å². The van der Waals surface area contributed by atoms with Gasteiger partial charge in [-0.15, -0.1) is 0 Å². The lowest BCUT2D eigenvalue weighted by Crippen LogP contribution is -2.31. The minimum absolute atomic E-state index is 0.136. The molecule has 2 rings (SSSR count). The number of anilines is 1. The Bertz CT molecular complexity index is 671. The third-order valence-corrected chi connectivity index (χ3v) is 3.45. The molecule has 2 amide bonds. The number of aryl methyl sites for hydroxylation is 1. The summed E-state index contributed by atoms with van der Waals surface area (Å²) in [6.45, 7) is 3.92. The summed E-state index contributed by atoms with van der Waals surface area (Å²) in [6.07, 6.45) is 3.94. The summed E-state index contributed by atoms with van der Waals surface area (Å²) >= 11 is 0. The van der Waals surface area contributed by atoms with Crippen LogP contribution >= 0.6 is 0 Å². The standard InChI is InChI=1S/C18H21N3O2/c1-3-16(14-7-5-9-19-12-14)21-18(23)11-17(22)20-15-8-4-6-13(2)10-15/h4-10,12,16H,3,11H2,1-2H3,(H,20,22)(H,21,23). The molecule has 1 aromatic heterocycles. The molecule has 0 saturated heterocycles. The van der Waals surface area contributed by atoms with Crippen LogP contribution in [0.25, 0.3) is 0 Å². The third kappa shape index (κ3) is 5.21. The van der Waals surface area contributed by atoms with Crippen LogP contribution in [0, 0.1) is 6.92 Å². The maximum atomic E-state index is 12.1. The molecule has 2 aromatic rings. The van der Waals surface area contributed by atoms with Crippen molar-refractivity contribution in [2.24, 2.45) is 0 Å². The molecule has 23 heavy (non-hydrogen) atoms. The van der Waals surface area contributed by atoms with Crippen molar-refractivity contribution in [3.63, 3.8) is 0 Å². The molecule has 0 aliphatic rings. The van der Waals surface area contributed by atoms with Gasteiger partial charge in [0.2, 0.25) is 11.8 Å². The highest BCUT2D eigenvalue weighted by Gasteiger charge is 2.15. The Balaban J connectivity index is 1.89. The number of carbonyl (C=O) groups is 2. The van der Waals surface area contributed by atoms with E-state index in [1.54, 1.807) is 18.5 Å². The van der Waals surface area contributed by atoms with Gasteiger partial charge in [0, 0.05) is 18.1 Å². The van der Waals surface area contributed by atoms with E-state index in [1.807, 2.05) is 44.2 Å². The fourth-order valence-corrected chi connectivity index (χ4v) is 2.32. The van der Waals surface area contributed by atoms with Gasteiger partial charge in [0.05, 0.1) is 6.04 Å². The number of rotatable bonds is 6. The van der Waals surface area contributed by atoms with Gasteiger partial charge in [-0.05, 0) is 42.7 Å². The third-order valence-electron chi connectivity index (χ3n) is 3.45. The van der Waals surface area contributed by atoms with E-state index in [1.165, 1.54) is 0 Å². The van der Waals surface area contributed by atoms with Crippen LogP contribution in [-0.4, -0.2) is 16.8 Å². The van der Waals surface area contributed by atoms with E-state index in [2.05, 4.69) is 15.6 Å². The minimum atomic E-state index is -0.325. The molecule has 0 bridgehead atoms. The van der Waals surface area contributed by atoms with Gasteiger partial charge < -0.3 is 10.6 Å². The zero-order chi connectivity index (χ0) is 16.7. The van der Waals surface area contributed by atoms with Gasteiger partial charge in [-0.3, -0.25) is 14.6 Å². The van der Waals surface area contributed by atoms with Crippen LogP contribution < -0.4 is 10.6 Å². The van der Waals surface area contributed by atoms with Crippen molar-refractivity contribution in [1.29, 1.82) is 0 Å². The lowest BCUT2D eigenvalue weighted by atomic mass is 10.1. The highest BCUT2D eigenvalue weighted by atomic mass is 16.2. The van der Waals surface area contributed by atoms with Crippen molar-refractivity contribution in [3.8, 4) is 0 Å². The molecule has 0 saturated carbocycles. The molecule has 2 N–H and O–H groups in total. The molecule has 0 fully saturated rings. The molecule has 0 spiro atoms. The predicted molar refractivity (Wildman–Crippen MR) is 89.8 cm³/mol. The number of amides is 2. The number of aromatic nitrogens is 1. The summed E-state index contributed by atoms with van der Waals surface area (Å²) in [7, 11) is 0. The van der Waals surface area contributed by atoms with Gasteiger partial charge in [0.1, 0.15) is 6.42 Å². The zero-order valence-electron chi connectivity index (χ0n) is 13.4. The van der Waals surface area contributed by atoms with Gasteiger partial charge in [-0.25, -0.2) is 0 Å². The first-order valence-electron chi connectivity index (χ1n) is 7.64. The molecule has 5 heteroatoms. The van der Waals surface area contributed by atoms with Crippen molar-refractivity contribution in [2.75, 3.05) is 5.32 Å². The molecule has 0 aliphatic heterocycles. The van der Waals surface area contributed by atoms with Crippen LogP contribution in [0.15, 0.2) is 48.8 Å². The van der Waals surface area contributed by atoms with Crippen molar-refractivity contribution < 1.29 is 9.59 Å². The minimum Gasteiger partial charge on any atom is -0.349 e. The molecular formula is C18H21N3O2. The van der Waals surface area contributed by atoms with Gasteiger partial charge in [-0.1, -0.05) is 25.1 Å². The number of benzene rings is 1. The zero-order valence-corrected chi connectivity index (χ0v) is 13.4. The second-order valence-electron chi connectivity index (χ2n) is 5.41. The molecule has 5 nitrogen and oxygen atoms in total. The first kappa shape index (κ1) is 16.7. The maximum absolute atomic E-state index is 12.1. The second kappa shape index (κ2) is 8.08. The van der Waals surface area contributed by atoms with Crippen LogP contribution in [0.5, 0.6) is 0 Å². The average Bonchev–Trinajstić information content (AvgIpc) is 2.53. The molecule has 0 radical (unpaired) electrons. The molecule has 1 atom stereocenters. The highest BCUT2D eigenvalue weighted by Crippen LogP contribution is 2.15. The first-order chi connectivity index (χ1) is 11.1. The highest BCUT2D eigenvalue weighted by molar-refractivity contribution is 6.03. The van der Waals surface area contributed by atoms with E-state index in [0.717, 1.165) is 17.5 Å². The Morgan fingerprint density at radius 3 is 2.65 bits per heavy atom. The van der Waals surface area contributed by atoms with E-state index in [0.29, 0.717) is 5.69 Å². The Morgan fingerprint density at radius 2 is 2.00 bits per heavy atom. The Labute approximate surface area is 136 Å². The van der Waals surface area contributed by atoms with Crippen molar-refractivity contribution in [1.82, 2.24) is 10.3 Å². The fourth-order valence-electron chi connectivity index (χ4n) is 2.32. The first-order valence-corrected chi connectivity index (χ1v) is 7.64. The summed E-state index contributed by atoms with van der Waals surface area (Å²) in [5.74, 6) is -0.625. The molecular weight excluding hydrogens is 290 g/mol. The molecule has 120 valence electrons. The Kier molecular flexibility index (Phi) is 5.86. The van der Waals surface area contributed by atoms with E-state index in [-0.39, 0.29) is 24.3 Å². The SMILES string of the molecule is CCC(NC(=O)CC(=O)Nc1cccc(C)c1)c1cccnc1. The largest absolute Gasteiger partial charge is 0.349 e. The number of pyridine rings is 1. The monoisotopic (exact) mass is 311 g/mol. The van der Waals surface area contributed by atoms with E-state index in [9.17, 15) is 9.59 Å². The van der Waals surface area contributed by atoms with Gasteiger partial charge in [0.15, 0.2) is 0 Å². The number of hydrogen-bond acceptors (Lipinski definition) is 3. The lowest BCUT2D eigenvalue weighted by molar-refractivity contribution is -0.127. The Morgan fingerprint density at radius 1 is 1.17 bits per heavy atom. The summed E-state index contributed by atoms with van der Waals surface area (Å²) < 4.78 is 0. The number of hydrogen-bond donors (Lipinski definition) is 2. The van der Waals surface area contributed by atoms with E-state index < -0.39 is 0 Å². The van der Waals surface area contributed by atoms with E-state index >= 15 is 0 Å². The van der Waals surface area contributed by atoms with E-state index in [4.69, 9.17) is 0 Å². The van der Waals surface area contributed by atoms with Crippen molar-refractivity contribution in [3.05, 3.63) is 59.9 Å². The lowest BCUT2D eigenvalue weighted by Gasteiger charge is -2.17. The molecule has 1 unspecified atom stereocenters. The fraction of sp³-hybridized carbons (Fsp3) is 0.278. The number of carbonyl (C=O) groups excluding carboxylic acids is 2. The van der Waals surface area contributed by atoms with Crippen LogP contribution in [-0.2, 0) is 9.59 Å². The smallest absolute Gasteiger partial charge is 0.233 e. The Hall–Kier alpha value is -2.69. The number of nitrogens with zero attached hydrogens (tertiary/aromatic N) is 1. The number of nitrogens with one attached hydrogen (secondary N) is 2. The van der Waals surface area contributed by atoms with Crippen LogP contribution in [0.2, 0.25) is 0 Å². The molecule has 1 heterocycles. The van der Waals surface area contributed by atoms with Crippen molar-refractivity contribution in [2.45, 2.75) is 32.7 Å². The predicted octanol–water partition coefficient (Wildman–Crippen LogP) is 2.99. The summed E-state index contributed by atoms with van der Waals surface area (Å²) in [4.78, 5) is 28.1. The van der Waals surface area contributed by atoms with Crippen LogP contribution in [0.4, 0.5) is 5.69 Å². The normalized spacial score (nSPS) is 11.6. The summed E-state index contributed by atoms with van der Waals surface area (Å²) in [6, 6.07) is 11.1.